The lowest BCUT2D eigenvalue weighted by Crippen LogP contribution is -2.14. The number of aromatic nitrogens is 5. The highest BCUT2D eigenvalue weighted by atomic mass is 19.4. The van der Waals surface area contributed by atoms with E-state index in [1.807, 2.05) is 13.0 Å². The third-order valence-corrected chi connectivity index (χ3v) is 5.87. The van der Waals surface area contributed by atoms with Crippen LogP contribution in [0, 0.1) is 13.8 Å². The molecule has 3 aromatic heterocycles. The van der Waals surface area contributed by atoms with Crippen LogP contribution in [0.15, 0.2) is 85.7 Å². The standard InChI is InChI=1S/C28H22F3N7O.CH2O2/c1-17-5-6-19(10-25(17)37-27-33-9-7-24(36-27)20-4-3-8-32-14-20)26(39)35-22-11-21(28(29,30)31)12-23(13-22)38-15-18(2)34-16-38;2-1-3/h3-16H,1-2H3,(H,35,39)(H,33,36,37);1H,(H,2,3). The number of nitrogens with one attached hydrogen (secondary N) is 2. The van der Waals surface area contributed by atoms with Gasteiger partial charge in [0.2, 0.25) is 5.95 Å². The van der Waals surface area contributed by atoms with Crippen molar-refractivity contribution < 1.29 is 27.9 Å². The van der Waals surface area contributed by atoms with Gasteiger partial charge in [0.25, 0.3) is 12.4 Å². The van der Waals surface area contributed by atoms with Gasteiger partial charge < -0.3 is 20.3 Å². The first-order chi connectivity index (χ1) is 20.1. The molecule has 1 amide bonds. The summed E-state index contributed by atoms with van der Waals surface area (Å²) in [5.74, 6) is -0.259. The molecule has 3 heterocycles. The zero-order valence-electron chi connectivity index (χ0n) is 22.3. The Morgan fingerprint density at radius 1 is 1.02 bits per heavy atom. The quantitative estimate of drug-likeness (QED) is 0.208. The number of benzene rings is 2. The molecule has 0 fully saturated rings. The second-order valence-corrected chi connectivity index (χ2v) is 8.91. The number of hydrogen-bond acceptors (Lipinski definition) is 7. The number of anilines is 3. The number of imidazole rings is 1. The summed E-state index contributed by atoms with van der Waals surface area (Å²) in [6, 6.07) is 13.7. The third-order valence-electron chi connectivity index (χ3n) is 5.87. The average molecular weight is 576 g/mol. The van der Waals surface area contributed by atoms with E-state index in [9.17, 15) is 18.0 Å². The summed E-state index contributed by atoms with van der Waals surface area (Å²) in [7, 11) is 0. The zero-order valence-corrected chi connectivity index (χ0v) is 22.3. The molecule has 214 valence electrons. The highest BCUT2D eigenvalue weighted by molar-refractivity contribution is 6.05. The number of nitrogens with zero attached hydrogens (tertiary/aromatic N) is 5. The summed E-state index contributed by atoms with van der Waals surface area (Å²) in [6.45, 7) is 3.33. The number of amides is 1. The Balaban J connectivity index is 0.00000129. The number of hydrogen-bond donors (Lipinski definition) is 3. The van der Waals surface area contributed by atoms with Gasteiger partial charge in [0.1, 0.15) is 0 Å². The largest absolute Gasteiger partial charge is 0.483 e. The third kappa shape index (κ3) is 7.33. The minimum absolute atomic E-state index is 0.00114. The topological polar surface area (TPSA) is 135 Å². The lowest BCUT2D eigenvalue weighted by molar-refractivity contribution is -0.137. The summed E-state index contributed by atoms with van der Waals surface area (Å²) in [5, 5.41) is 12.6. The van der Waals surface area contributed by atoms with Crippen LogP contribution in [0.4, 0.5) is 30.5 Å². The Morgan fingerprint density at radius 3 is 2.48 bits per heavy atom. The fourth-order valence-corrected chi connectivity index (χ4v) is 3.87. The summed E-state index contributed by atoms with van der Waals surface area (Å²) < 4.78 is 42.3. The molecule has 10 nitrogen and oxygen atoms in total. The first-order valence-electron chi connectivity index (χ1n) is 12.3. The van der Waals surface area contributed by atoms with Gasteiger partial charge in [0.05, 0.1) is 23.3 Å². The second-order valence-electron chi connectivity index (χ2n) is 8.91. The van der Waals surface area contributed by atoms with Crippen LogP contribution in [0.2, 0.25) is 0 Å². The number of rotatable bonds is 6. The van der Waals surface area contributed by atoms with Gasteiger partial charge in [-0.3, -0.25) is 14.6 Å². The molecule has 0 spiro atoms. The van der Waals surface area contributed by atoms with Crippen LogP contribution in [0.1, 0.15) is 27.2 Å². The van der Waals surface area contributed by atoms with Crippen LogP contribution < -0.4 is 10.6 Å². The van der Waals surface area contributed by atoms with E-state index in [4.69, 9.17) is 9.90 Å². The fraction of sp³-hybridized carbons (Fsp3) is 0.103. The lowest BCUT2D eigenvalue weighted by Gasteiger charge is -2.14. The normalized spacial score (nSPS) is 10.8. The van der Waals surface area contributed by atoms with Crippen LogP contribution in [0.3, 0.4) is 0 Å². The van der Waals surface area contributed by atoms with Crippen molar-refractivity contribution in [2.24, 2.45) is 0 Å². The van der Waals surface area contributed by atoms with E-state index in [2.05, 4.69) is 30.6 Å². The van der Waals surface area contributed by atoms with Crippen molar-refractivity contribution in [3.8, 4) is 16.9 Å². The number of carboxylic acid groups (broad SMARTS) is 1. The summed E-state index contributed by atoms with van der Waals surface area (Å²) in [6.07, 6.45) is 3.38. The molecule has 0 radical (unpaired) electrons. The van der Waals surface area contributed by atoms with Crippen LogP contribution in [-0.4, -0.2) is 42.0 Å². The summed E-state index contributed by atoms with van der Waals surface area (Å²) >= 11 is 0. The first-order valence-corrected chi connectivity index (χ1v) is 12.3. The number of pyridine rings is 1. The van der Waals surface area contributed by atoms with Crippen LogP contribution in [0.5, 0.6) is 0 Å². The molecular formula is C29H24F3N7O3. The number of carbonyl (C=O) groups excluding carboxylic acids is 1. The maximum atomic E-state index is 13.6. The Morgan fingerprint density at radius 2 is 1.81 bits per heavy atom. The number of halogens is 3. The van der Waals surface area contributed by atoms with Crippen LogP contribution >= 0.6 is 0 Å². The molecule has 0 bridgehead atoms. The molecule has 0 unspecified atom stereocenters. The van der Waals surface area contributed by atoms with Crippen molar-refractivity contribution in [3.63, 3.8) is 0 Å². The lowest BCUT2D eigenvalue weighted by atomic mass is 10.1. The minimum atomic E-state index is -4.60. The van der Waals surface area contributed by atoms with E-state index in [-0.39, 0.29) is 23.4 Å². The van der Waals surface area contributed by atoms with Crippen molar-refractivity contribution in [3.05, 3.63) is 108 Å². The van der Waals surface area contributed by atoms with Crippen LogP contribution in [0.25, 0.3) is 16.9 Å². The van der Waals surface area contributed by atoms with Gasteiger partial charge in [-0.2, -0.15) is 13.2 Å². The highest BCUT2D eigenvalue weighted by Gasteiger charge is 2.31. The Bertz CT molecular complexity index is 1710. The van der Waals surface area contributed by atoms with E-state index in [1.54, 1.807) is 62.0 Å². The molecule has 2 aromatic carbocycles. The molecule has 0 aliphatic carbocycles. The molecule has 0 aliphatic rings. The molecule has 5 aromatic rings. The van der Waals surface area contributed by atoms with Gasteiger partial charge in [-0.15, -0.1) is 0 Å². The van der Waals surface area contributed by atoms with E-state index < -0.39 is 17.6 Å². The average Bonchev–Trinajstić information content (AvgIpc) is 3.41. The van der Waals surface area contributed by atoms with Crippen molar-refractivity contribution >= 4 is 29.7 Å². The SMILES string of the molecule is Cc1cn(-c2cc(NC(=O)c3ccc(C)c(Nc4nccc(-c5cccnc5)n4)c3)cc(C(F)(F)F)c2)cn1.O=CO. The van der Waals surface area contributed by atoms with Crippen molar-refractivity contribution in [2.75, 3.05) is 10.6 Å². The Kier molecular flexibility index (Phi) is 8.90. The first kappa shape index (κ1) is 29.4. The zero-order chi connectivity index (χ0) is 30.3. The highest BCUT2D eigenvalue weighted by Crippen LogP contribution is 2.33. The predicted octanol–water partition coefficient (Wildman–Crippen LogP) is 6.06. The van der Waals surface area contributed by atoms with Crippen molar-refractivity contribution in [2.45, 2.75) is 20.0 Å². The molecule has 13 heteroatoms. The number of alkyl halides is 3. The van der Waals surface area contributed by atoms with Gasteiger partial charge in [-0.25, -0.2) is 15.0 Å². The Labute approximate surface area is 238 Å². The molecule has 0 saturated heterocycles. The van der Waals surface area contributed by atoms with Gasteiger partial charge in [0, 0.05) is 53.0 Å². The predicted molar refractivity (Wildman–Crippen MR) is 150 cm³/mol. The monoisotopic (exact) mass is 575 g/mol. The van der Waals surface area contributed by atoms with Gasteiger partial charge in [0.15, 0.2) is 0 Å². The second kappa shape index (κ2) is 12.7. The van der Waals surface area contributed by atoms with Gasteiger partial charge in [-0.05, 0) is 67.9 Å². The minimum Gasteiger partial charge on any atom is -0.483 e. The molecule has 0 aliphatic heterocycles. The Hall–Kier alpha value is -5.59. The van der Waals surface area contributed by atoms with Crippen molar-refractivity contribution in [1.29, 1.82) is 0 Å². The van der Waals surface area contributed by atoms with Crippen molar-refractivity contribution in [1.82, 2.24) is 24.5 Å². The number of aryl methyl sites for hydroxylation is 2. The molecule has 5 rings (SSSR count). The molecule has 0 atom stereocenters. The molecular weight excluding hydrogens is 551 g/mol. The fourth-order valence-electron chi connectivity index (χ4n) is 3.87. The molecule has 42 heavy (non-hydrogen) atoms. The maximum absolute atomic E-state index is 13.6. The van der Waals surface area contributed by atoms with Crippen LogP contribution in [-0.2, 0) is 11.0 Å². The number of carbonyl (C=O) groups is 2. The van der Waals surface area contributed by atoms with E-state index in [0.717, 1.165) is 23.3 Å². The molecule has 3 N–H and O–H groups in total. The van der Waals surface area contributed by atoms with E-state index in [0.29, 0.717) is 23.0 Å². The van der Waals surface area contributed by atoms with Gasteiger partial charge >= 0.3 is 6.18 Å². The maximum Gasteiger partial charge on any atom is 0.416 e. The molecule has 0 saturated carbocycles. The smallest absolute Gasteiger partial charge is 0.416 e. The van der Waals surface area contributed by atoms with E-state index in [1.165, 1.54) is 17.0 Å². The summed E-state index contributed by atoms with van der Waals surface area (Å²) in [4.78, 5) is 38.4. The van der Waals surface area contributed by atoms with E-state index >= 15 is 0 Å². The summed E-state index contributed by atoms with van der Waals surface area (Å²) in [5.41, 5.74) is 3.09. The van der Waals surface area contributed by atoms with Gasteiger partial charge in [-0.1, -0.05) is 6.07 Å².